The molecule has 2 rings (SSSR count). The fourth-order valence-electron chi connectivity index (χ4n) is 6.76. The molecule has 0 unspecified atom stereocenters. The molecule has 0 aliphatic carbocycles. The number of aliphatic hydroxyl groups is 2. The molecule has 8 heteroatoms. The number of hydrogen-bond acceptors (Lipinski definition) is 6. The van der Waals surface area contributed by atoms with E-state index < -0.39 is 11.9 Å². The predicted molar refractivity (Wildman–Crippen MR) is 164 cm³/mol. The lowest BCUT2D eigenvalue weighted by Gasteiger charge is -2.52. The van der Waals surface area contributed by atoms with Gasteiger partial charge < -0.3 is 20.4 Å². The molecule has 2 saturated heterocycles. The average Bonchev–Trinajstić information content (AvgIpc) is 2.80. The number of hydrogen-bond donors (Lipinski definition) is 4. The van der Waals surface area contributed by atoms with Gasteiger partial charge in [0.25, 0.3) is 0 Å². The minimum Gasteiger partial charge on any atom is -0.481 e. The normalized spacial score (nSPS) is 21.4. The minimum absolute atomic E-state index is 0.245. The van der Waals surface area contributed by atoms with Gasteiger partial charge in [-0.2, -0.15) is 0 Å². The fraction of sp³-hybridized carbons (Fsp3) is 0.938. The maximum atomic E-state index is 10.1. The van der Waals surface area contributed by atoms with Crippen molar-refractivity contribution in [1.82, 2.24) is 9.80 Å². The summed E-state index contributed by atoms with van der Waals surface area (Å²) in [6.07, 6.45) is 13.4. The zero-order valence-electron chi connectivity index (χ0n) is 27.2. The standard InChI is InChI=1S/2C11H23NO.C10H18O4/c2*1-10(2)6-5-7-11(3,4)12(10)8-9-13;11-9(12)7-5-3-1-2-4-6-8-10(13)14/h2*13H,5-9H2,1-4H3;1-8H2,(H,11,12)(H,13,14). The van der Waals surface area contributed by atoms with Crippen molar-refractivity contribution >= 4 is 11.9 Å². The summed E-state index contributed by atoms with van der Waals surface area (Å²) in [5, 5.41) is 34.8. The van der Waals surface area contributed by atoms with Crippen LogP contribution in [0, 0.1) is 0 Å². The Morgan fingerprint density at radius 1 is 0.525 bits per heavy atom. The van der Waals surface area contributed by atoms with Crippen LogP contribution in [0.3, 0.4) is 0 Å². The Kier molecular flexibility index (Phi) is 17.8. The maximum Gasteiger partial charge on any atom is 0.303 e. The summed E-state index contributed by atoms with van der Waals surface area (Å²) in [6, 6.07) is 0. The lowest BCUT2D eigenvalue weighted by atomic mass is 9.80. The molecule has 2 aliphatic rings. The van der Waals surface area contributed by atoms with Crippen molar-refractivity contribution in [1.29, 1.82) is 0 Å². The van der Waals surface area contributed by atoms with E-state index >= 15 is 0 Å². The molecular formula is C32H64N2O6. The molecule has 238 valence electrons. The van der Waals surface area contributed by atoms with Crippen LogP contribution in [0.15, 0.2) is 0 Å². The van der Waals surface area contributed by atoms with Gasteiger partial charge >= 0.3 is 11.9 Å². The number of carboxylic acids is 2. The van der Waals surface area contributed by atoms with Crippen molar-refractivity contribution in [3.05, 3.63) is 0 Å². The number of aliphatic carboxylic acids is 2. The van der Waals surface area contributed by atoms with Crippen LogP contribution in [0.4, 0.5) is 0 Å². The van der Waals surface area contributed by atoms with Gasteiger partial charge in [-0.25, -0.2) is 0 Å². The molecule has 40 heavy (non-hydrogen) atoms. The lowest BCUT2D eigenvalue weighted by molar-refractivity contribution is -0.138. The first-order valence-electron chi connectivity index (χ1n) is 15.6. The van der Waals surface area contributed by atoms with Crippen LogP contribution in [0.1, 0.15) is 145 Å². The number of rotatable bonds is 13. The molecule has 2 aliphatic heterocycles. The molecule has 0 aromatic rings. The second kappa shape index (κ2) is 18.3. The van der Waals surface area contributed by atoms with Crippen LogP contribution in [0.2, 0.25) is 0 Å². The number of nitrogens with zero attached hydrogens (tertiary/aromatic N) is 2. The second-order valence-corrected chi connectivity index (χ2v) is 14.1. The maximum absolute atomic E-state index is 10.1. The molecule has 0 atom stereocenters. The topological polar surface area (TPSA) is 122 Å². The van der Waals surface area contributed by atoms with Crippen molar-refractivity contribution < 1.29 is 30.0 Å². The van der Waals surface area contributed by atoms with Crippen LogP contribution in [0.25, 0.3) is 0 Å². The summed E-state index contributed by atoms with van der Waals surface area (Å²) in [6.45, 7) is 20.4. The molecule has 0 spiro atoms. The summed E-state index contributed by atoms with van der Waals surface area (Å²) in [4.78, 5) is 25.2. The van der Waals surface area contributed by atoms with Crippen LogP contribution in [-0.4, -0.2) is 90.6 Å². The highest BCUT2D eigenvalue weighted by Crippen LogP contribution is 2.38. The van der Waals surface area contributed by atoms with Gasteiger partial charge in [-0.1, -0.05) is 25.7 Å². The third-order valence-electron chi connectivity index (χ3n) is 8.76. The molecule has 8 nitrogen and oxygen atoms in total. The van der Waals surface area contributed by atoms with Crippen molar-refractivity contribution in [2.75, 3.05) is 26.3 Å². The molecular weight excluding hydrogens is 508 g/mol. The van der Waals surface area contributed by atoms with E-state index in [1.807, 2.05) is 0 Å². The number of likely N-dealkylation sites (tertiary alicyclic amines) is 2. The zero-order chi connectivity index (χ0) is 31.0. The van der Waals surface area contributed by atoms with E-state index in [0.717, 1.165) is 51.6 Å². The summed E-state index contributed by atoms with van der Waals surface area (Å²) >= 11 is 0. The van der Waals surface area contributed by atoms with E-state index in [-0.39, 0.29) is 48.2 Å². The van der Waals surface area contributed by atoms with Crippen molar-refractivity contribution in [2.45, 2.75) is 167 Å². The number of carbonyl (C=O) groups is 2. The Balaban J connectivity index is 0.000000571. The Morgan fingerprint density at radius 3 is 1.00 bits per heavy atom. The quantitative estimate of drug-likeness (QED) is 0.189. The molecule has 0 saturated carbocycles. The van der Waals surface area contributed by atoms with Gasteiger partial charge in [0.1, 0.15) is 0 Å². The van der Waals surface area contributed by atoms with E-state index in [4.69, 9.17) is 20.4 Å². The molecule has 0 radical (unpaired) electrons. The molecule has 0 bridgehead atoms. The Hall–Kier alpha value is -1.22. The number of unbranched alkanes of at least 4 members (excludes halogenated alkanes) is 5. The first-order chi connectivity index (χ1) is 18.4. The first-order valence-corrected chi connectivity index (χ1v) is 15.6. The van der Waals surface area contributed by atoms with Gasteiger partial charge in [0, 0.05) is 48.1 Å². The van der Waals surface area contributed by atoms with Crippen LogP contribution >= 0.6 is 0 Å². The van der Waals surface area contributed by atoms with Gasteiger partial charge in [-0.15, -0.1) is 0 Å². The number of piperidine rings is 2. The predicted octanol–water partition coefficient (Wildman–Crippen LogP) is 6.32. The number of aliphatic hydroxyl groups excluding tert-OH is 2. The summed E-state index contributed by atoms with van der Waals surface area (Å²) in [5.41, 5.74) is 1.02. The largest absolute Gasteiger partial charge is 0.481 e. The molecule has 4 N–H and O–H groups in total. The highest BCUT2D eigenvalue weighted by Gasteiger charge is 2.41. The highest BCUT2D eigenvalue weighted by atomic mass is 16.4. The monoisotopic (exact) mass is 572 g/mol. The summed E-state index contributed by atoms with van der Waals surface area (Å²) in [7, 11) is 0. The van der Waals surface area contributed by atoms with Crippen LogP contribution in [-0.2, 0) is 9.59 Å². The molecule has 2 heterocycles. The van der Waals surface area contributed by atoms with Gasteiger partial charge in [-0.05, 0) is 107 Å². The van der Waals surface area contributed by atoms with E-state index in [2.05, 4.69) is 65.2 Å². The second-order valence-electron chi connectivity index (χ2n) is 14.1. The van der Waals surface area contributed by atoms with E-state index in [1.165, 1.54) is 38.5 Å². The van der Waals surface area contributed by atoms with Crippen LogP contribution < -0.4 is 0 Å². The number of β-amino-alcohol motifs (C(OH)–C–C–N with tert-alkyl or cyclic N) is 2. The van der Waals surface area contributed by atoms with Crippen LogP contribution in [0.5, 0.6) is 0 Å². The summed E-state index contributed by atoms with van der Waals surface area (Å²) < 4.78 is 0. The van der Waals surface area contributed by atoms with Crippen molar-refractivity contribution in [2.24, 2.45) is 0 Å². The minimum atomic E-state index is -0.740. The fourth-order valence-corrected chi connectivity index (χ4v) is 6.76. The third-order valence-corrected chi connectivity index (χ3v) is 8.76. The Bertz CT molecular complexity index is 628. The van der Waals surface area contributed by atoms with Gasteiger partial charge in [0.2, 0.25) is 0 Å². The van der Waals surface area contributed by atoms with E-state index in [1.54, 1.807) is 0 Å². The SMILES string of the molecule is CC1(C)CCCC(C)(C)N1CCO.CC1(C)CCCC(C)(C)N1CCO.O=C(O)CCCCCCCCC(=O)O. The molecule has 0 aromatic heterocycles. The van der Waals surface area contributed by atoms with Crippen molar-refractivity contribution in [3.63, 3.8) is 0 Å². The van der Waals surface area contributed by atoms with E-state index in [0.29, 0.717) is 0 Å². The van der Waals surface area contributed by atoms with Gasteiger partial charge in [0.15, 0.2) is 0 Å². The average molecular weight is 573 g/mol. The number of carboxylic acid groups (broad SMARTS) is 2. The van der Waals surface area contributed by atoms with Gasteiger partial charge in [0.05, 0.1) is 13.2 Å². The third kappa shape index (κ3) is 15.1. The zero-order valence-corrected chi connectivity index (χ0v) is 27.2. The smallest absolute Gasteiger partial charge is 0.303 e. The highest BCUT2D eigenvalue weighted by molar-refractivity contribution is 5.66. The Morgan fingerprint density at radius 2 is 0.775 bits per heavy atom. The molecule has 0 aromatic carbocycles. The molecule has 0 amide bonds. The Labute approximate surface area is 245 Å². The lowest BCUT2D eigenvalue weighted by Crippen LogP contribution is -2.59. The van der Waals surface area contributed by atoms with Crippen molar-refractivity contribution in [3.8, 4) is 0 Å². The summed E-state index contributed by atoms with van der Waals surface area (Å²) in [5.74, 6) is -1.48. The first kappa shape index (κ1) is 38.8. The molecule has 2 fully saturated rings. The van der Waals surface area contributed by atoms with Gasteiger partial charge in [-0.3, -0.25) is 19.4 Å². The van der Waals surface area contributed by atoms with E-state index in [9.17, 15) is 9.59 Å².